The number of hydrogen-bond donors (Lipinski definition) is 3. The Hall–Kier alpha value is -2.12. The molecule has 0 radical (unpaired) electrons. The van der Waals surface area contributed by atoms with E-state index in [0.717, 1.165) is 10.5 Å². The van der Waals surface area contributed by atoms with Gasteiger partial charge in [0.25, 0.3) is 0 Å². The average Bonchev–Trinajstić information content (AvgIpc) is 2.54. The summed E-state index contributed by atoms with van der Waals surface area (Å²) in [4.78, 5) is 12.9. The third kappa shape index (κ3) is 5.82. The number of carbonyl (C=O) groups excluding carboxylic acids is 1. The Kier molecular flexibility index (Phi) is 6.57. The summed E-state index contributed by atoms with van der Waals surface area (Å²) >= 11 is 6.53. The first-order valence-corrected chi connectivity index (χ1v) is 8.65. The Morgan fingerprint density at radius 1 is 1.12 bits per heavy atom. The number of halogens is 1. The highest BCUT2D eigenvalue weighted by molar-refractivity contribution is 8.00. The van der Waals surface area contributed by atoms with Gasteiger partial charge in [-0.2, -0.15) is 0 Å². The van der Waals surface area contributed by atoms with Crippen molar-refractivity contribution in [3.63, 3.8) is 0 Å². The Labute approximate surface area is 150 Å². The highest BCUT2D eigenvalue weighted by atomic mass is 32.2. The SMILES string of the molecule is Cc1ccc(SCC(=O)NNC(=S)Nc2ccc(F)cc2)c(C)c1. The quantitative estimate of drug-likeness (QED) is 0.441. The molecule has 1 amide bonds. The zero-order chi connectivity index (χ0) is 17.5. The maximum Gasteiger partial charge on any atom is 0.248 e. The maximum absolute atomic E-state index is 12.8. The van der Waals surface area contributed by atoms with Crippen molar-refractivity contribution >= 4 is 40.7 Å². The van der Waals surface area contributed by atoms with Gasteiger partial charge in [-0.15, -0.1) is 11.8 Å². The summed E-state index contributed by atoms with van der Waals surface area (Å²) in [6.07, 6.45) is 0. The summed E-state index contributed by atoms with van der Waals surface area (Å²) < 4.78 is 12.8. The second-order valence-electron chi connectivity index (χ2n) is 5.19. The molecule has 126 valence electrons. The fourth-order valence-electron chi connectivity index (χ4n) is 1.96. The topological polar surface area (TPSA) is 53.2 Å². The molecular weight excluding hydrogens is 345 g/mol. The third-order valence-electron chi connectivity index (χ3n) is 3.11. The Balaban J connectivity index is 1.74. The van der Waals surface area contributed by atoms with Crippen LogP contribution in [0.1, 0.15) is 11.1 Å². The van der Waals surface area contributed by atoms with Gasteiger partial charge in [0, 0.05) is 10.6 Å². The molecule has 0 aliphatic heterocycles. The first-order chi connectivity index (χ1) is 11.4. The average molecular weight is 363 g/mol. The number of anilines is 1. The Morgan fingerprint density at radius 2 is 1.83 bits per heavy atom. The van der Waals surface area contributed by atoms with Crippen LogP contribution in [0.15, 0.2) is 47.4 Å². The molecule has 0 atom stereocenters. The first-order valence-electron chi connectivity index (χ1n) is 7.25. The molecule has 0 unspecified atom stereocenters. The molecule has 0 saturated carbocycles. The van der Waals surface area contributed by atoms with Crippen molar-refractivity contribution < 1.29 is 9.18 Å². The van der Waals surface area contributed by atoms with Crippen LogP contribution in [0.5, 0.6) is 0 Å². The summed E-state index contributed by atoms with van der Waals surface area (Å²) in [5.74, 6) is -0.241. The standard InChI is InChI=1S/C17H18FN3OS2/c1-11-3-8-15(12(2)9-11)24-10-16(22)20-21-17(23)19-14-6-4-13(18)5-7-14/h3-9H,10H2,1-2H3,(H,20,22)(H2,19,21,23). The monoisotopic (exact) mass is 363 g/mol. The van der Waals surface area contributed by atoms with Gasteiger partial charge in [0.05, 0.1) is 5.75 Å². The number of nitrogens with one attached hydrogen (secondary N) is 3. The number of carbonyl (C=O) groups is 1. The van der Waals surface area contributed by atoms with Crippen LogP contribution in [0.2, 0.25) is 0 Å². The minimum Gasteiger partial charge on any atom is -0.331 e. The molecule has 0 aliphatic carbocycles. The second kappa shape index (κ2) is 8.65. The van der Waals surface area contributed by atoms with E-state index in [2.05, 4.69) is 22.2 Å². The van der Waals surface area contributed by atoms with E-state index in [1.54, 1.807) is 12.1 Å². The molecule has 0 fully saturated rings. The fraction of sp³-hybridized carbons (Fsp3) is 0.176. The number of thiocarbonyl (C=S) groups is 1. The molecule has 2 aromatic rings. The zero-order valence-corrected chi connectivity index (χ0v) is 15.0. The van der Waals surface area contributed by atoms with Crippen LogP contribution >= 0.6 is 24.0 Å². The molecule has 0 heterocycles. The third-order valence-corrected chi connectivity index (χ3v) is 4.49. The molecule has 3 N–H and O–H groups in total. The molecule has 24 heavy (non-hydrogen) atoms. The minimum absolute atomic E-state index is 0.191. The highest BCUT2D eigenvalue weighted by Gasteiger charge is 2.06. The molecule has 7 heteroatoms. The van der Waals surface area contributed by atoms with Gasteiger partial charge in [0.1, 0.15) is 5.82 Å². The number of benzene rings is 2. The van der Waals surface area contributed by atoms with Gasteiger partial charge < -0.3 is 5.32 Å². The molecule has 2 aromatic carbocycles. The molecule has 4 nitrogen and oxygen atoms in total. The van der Waals surface area contributed by atoms with Gasteiger partial charge in [-0.25, -0.2) is 4.39 Å². The molecule has 0 aliphatic rings. The van der Waals surface area contributed by atoms with Crippen molar-refractivity contribution in [3.8, 4) is 0 Å². The van der Waals surface area contributed by atoms with Crippen molar-refractivity contribution in [2.45, 2.75) is 18.7 Å². The number of amides is 1. The largest absolute Gasteiger partial charge is 0.331 e. The number of rotatable bonds is 4. The summed E-state index contributed by atoms with van der Waals surface area (Å²) in [5, 5.41) is 3.07. The Bertz CT molecular complexity index is 735. The van der Waals surface area contributed by atoms with Gasteiger partial charge in [0.15, 0.2) is 5.11 Å². The highest BCUT2D eigenvalue weighted by Crippen LogP contribution is 2.22. The minimum atomic E-state index is -0.323. The smallest absolute Gasteiger partial charge is 0.248 e. The van der Waals surface area contributed by atoms with Crippen LogP contribution in [0.4, 0.5) is 10.1 Å². The lowest BCUT2D eigenvalue weighted by Crippen LogP contribution is -2.44. The second-order valence-corrected chi connectivity index (χ2v) is 6.62. The predicted molar refractivity (Wildman–Crippen MR) is 101 cm³/mol. The molecule has 2 rings (SSSR count). The molecule has 0 aromatic heterocycles. The van der Waals surface area contributed by atoms with E-state index in [9.17, 15) is 9.18 Å². The van der Waals surface area contributed by atoms with Gasteiger partial charge in [0.2, 0.25) is 5.91 Å². The lowest BCUT2D eigenvalue weighted by atomic mass is 10.2. The van der Waals surface area contributed by atoms with E-state index in [-0.39, 0.29) is 22.6 Å². The van der Waals surface area contributed by atoms with Crippen LogP contribution in [-0.4, -0.2) is 16.8 Å². The van der Waals surface area contributed by atoms with Crippen molar-refractivity contribution in [3.05, 3.63) is 59.4 Å². The Morgan fingerprint density at radius 3 is 2.50 bits per heavy atom. The normalized spacial score (nSPS) is 10.1. The van der Waals surface area contributed by atoms with E-state index < -0.39 is 0 Å². The van der Waals surface area contributed by atoms with Crippen LogP contribution < -0.4 is 16.2 Å². The lowest BCUT2D eigenvalue weighted by Gasteiger charge is -2.12. The molecule has 0 saturated heterocycles. The van der Waals surface area contributed by atoms with E-state index in [1.807, 2.05) is 26.0 Å². The van der Waals surface area contributed by atoms with Gasteiger partial charge in [-0.3, -0.25) is 15.6 Å². The van der Waals surface area contributed by atoms with Crippen LogP contribution in [-0.2, 0) is 4.79 Å². The van der Waals surface area contributed by atoms with Crippen molar-refractivity contribution in [1.29, 1.82) is 0 Å². The van der Waals surface area contributed by atoms with Crippen LogP contribution in [0, 0.1) is 19.7 Å². The molecule has 0 bridgehead atoms. The zero-order valence-electron chi connectivity index (χ0n) is 13.4. The number of thioether (sulfide) groups is 1. The number of hydrogen-bond acceptors (Lipinski definition) is 3. The van der Waals surface area contributed by atoms with Gasteiger partial charge in [-0.1, -0.05) is 17.7 Å². The summed E-state index contributed by atoms with van der Waals surface area (Å²) in [6.45, 7) is 4.06. The fourth-order valence-corrected chi connectivity index (χ4v) is 2.94. The van der Waals surface area contributed by atoms with Crippen LogP contribution in [0.3, 0.4) is 0 Å². The number of aryl methyl sites for hydroxylation is 2. The first kappa shape index (κ1) is 18.2. The van der Waals surface area contributed by atoms with E-state index in [0.29, 0.717) is 5.69 Å². The van der Waals surface area contributed by atoms with Crippen molar-refractivity contribution in [2.75, 3.05) is 11.1 Å². The summed E-state index contributed by atoms with van der Waals surface area (Å²) in [6, 6.07) is 11.9. The summed E-state index contributed by atoms with van der Waals surface area (Å²) in [7, 11) is 0. The lowest BCUT2D eigenvalue weighted by molar-refractivity contribution is -0.119. The molecular formula is C17H18FN3OS2. The van der Waals surface area contributed by atoms with Gasteiger partial charge in [-0.05, 0) is 62.0 Å². The van der Waals surface area contributed by atoms with Crippen molar-refractivity contribution in [2.24, 2.45) is 0 Å². The van der Waals surface area contributed by atoms with E-state index in [1.165, 1.54) is 29.5 Å². The van der Waals surface area contributed by atoms with Crippen LogP contribution in [0.25, 0.3) is 0 Å². The van der Waals surface area contributed by atoms with E-state index >= 15 is 0 Å². The number of hydrazine groups is 1. The maximum atomic E-state index is 12.8. The summed E-state index contributed by atoms with van der Waals surface area (Å²) in [5.41, 5.74) is 8.12. The molecule has 0 spiro atoms. The van der Waals surface area contributed by atoms with E-state index in [4.69, 9.17) is 12.2 Å². The predicted octanol–water partition coefficient (Wildman–Crippen LogP) is 3.55. The van der Waals surface area contributed by atoms with Gasteiger partial charge >= 0.3 is 0 Å². The van der Waals surface area contributed by atoms with Crippen molar-refractivity contribution in [1.82, 2.24) is 10.9 Å².